The molecule has 0 aliphatic heterocycles. The molecule has 1 aliphatic rings. The van der Waals surface area contributed by atoms with Crippen molar-refractivity contribution in [3.05, 3.63) is 53.7 Å². The number of hydrogen-bond donors (Lipinski definition) is 2. The summed E-state index contributed by atoms with van der Waals surface area (Å²) in [7, 11) is -3.46. The summed E-state index contributed by atoms with van der Waals surface area (Å²) in [6.45, 7) is 2.52. The minimum atomic E-state index is -3.46. The van der Waals surface area contributed by atoms with Gasteiger partial charge in [0.2, 0.25) is 15.9 Å². The summed E-state index contributed by atoms with van der Waals surface area (Å²) in [4.78, 5) is 16.6. The van der Waals surface area contributed by atoms with E-state index < -0.39 is 10.0 Å². The number of ether oxygens (including phenoxy) is 1. The highest BCUT2D eigenvalue weighted by Gasteiger charge is 2.27. The van der Waals surface area contributed by atoms with Gasteiger partial charge < -0.3 is 10.1 Å². The second-order valence-corrected chi connectivity index (χ2v) is 7.73. The summed E-state index contributed by atoms with van der Waals surface area (Å²) in [5.74, 6) is -0.00580. The van der Waals surface area contributed by atoms with E-state index in [4.69, 9.17) is 4.74 Å². The van der Waals surface area contributed by atoms with Crippen molar-refractivity contribution in [1.29, 1.82) is 0 Å². The van der Waals surface area contributed by atoms with Crippen molar-refractivity contribution in [2.45, 2.75) is 37.2 Å². The molecule has 1 saturated carbocycles. The van der Waals surface area contributed by atoms with Crippen molar-refractivity contribution < 1.29 is 17.9 Å². The molecule has 0 atom stereocenters. The second kappa shape index (κ2) is 7.84. The average Bonchev–Trinajstić information content (AvgIpc) is 3.44. The van der Waals surface area contributed by atoms with Gasteiger partial charge in [0.05, 0.1) is 11.5 Å². The van der Waals surface area contributed by atoms with E-state index in [9.17, 15) is 13.2 Å². The number of nitrogens with zero attached hydrogens (tertiary/aromatic N) is 1. The van der Waals surface area contributed by atoms with E-state index >= 15 is 0 Å². The Balaban J connectivity index is 1.62. The van der Waals surface area contributed by atoms with Crippen LogP contribution in [-0.2, 0) is 16.6 Å². The van der Waals surface area contributed by atoms with Crippen molar-refractivity contribution in [2.75, 3.05) is 6.61 Å². The summed E-state index contributed by atoms with van der Waals surface area (Å²) in [5.41, 5.74) is 1.16. The zero-order chi connectivity index (χ0) is 18.6. The Hall–Kier alpha value is -2.45. The number of carbonyl (C=O) groups is 1. The third-order valence-electron chi connectivity index (χ3n) is 3.88. The number of aromatic nitrogens is 1. The van der Waals surface area contributed by atoms with E-state index in [0.717, 1.165) is 18.4 Å². The van der Waals surface area contributed by atoms with Crippen molar-refractivity contribution in [3.8, 4) is 5.88 Å². The fraction of sp³-hybridized carbons (Fsp3) is 0.333. The van der Waals surface area contributed by atoms with Gasteiger partial charge in [-0.15, -0.1) is 0 Å². The molecule has 1 aliphatic carbocycles. The highest BCUT2D eigenvalue weighted by Crippen LogP contribution is 2.22. The maximum absolute atomic E-state index is 12.3. The molecular weight excluding hydrogens is 354 g/mol. The van der Waals surface area contributed by atoms with Gasteiger partial charge in [-0.2, -0.15) is 0 Å². The van der Waals surface area contributed by atoms with Crippen LogP contribution in [0.25, 0.3) is 0 Å². The number of amides is 1. The van der Waals surface area contributed by atoms with Crippen LogP contribution in [0.2, 0.25) is 0 Å². The Labute approximate surface area is 152 Å². The Bertz CT molecular complexity index is 878. The Morgan fingerprint density at radius 3 is 2.62 bits per heavy atom. The van der Waals surface area contributed by atoms with Gasteiger partial charge in [-0.25, -0.2) is 18.1 Å². The van der Waals surface area contributed by atoms with E-state index in [1.54, 1.807) is 42.6 Å². The third kappa shape index (κ3) is 4.59. The molecule has 138 valence electrons. The normalized spacial score (nSPS) is 14.0. The van der Waals surface area contributed by atoms with Gasteiger partial charge >= 0.3 is 0 Å². The zero-order valence-corrected chi connectivity index (χ0v) is 15.3. The lowest BCUT2D eigenvalue weighted by Gasteiger charge is -2.10. The van der Waals surface area contributed by atoms with Crippen LogP contribution in [0.3, 0.4) is 0 Å². The lowest BCUT2D eigenvalue weighted by Crippen LogP contribution is -2.26. The van der Waals surface area contributed by atoms with E-state index in [1.165, 1.54) is 0 Å². The summed E-state index contributed by atoms with van der Waals surface area (Å²) in [5, 5.41) is 2.79. The Morgan fingerprint density at radius 2 is 1.96 bits per heavy atom. The summed E-state index contributed by atoms with van der Waals surface area (Å²) >= 11 is 0. The smallest absolute Gasteiger partial charge is 0.257 e. The molecule has 1 fully saturated rings. The zero-order valence-electron chi connectivity index (χ0n) is 14.4. The largest absolute Gasteiger partial charge is 0.477 e. The van der Waals surface area contributed by atoms with Crippen molar-refractivity contribution in [1.82, 2.24) is 15.0 Å². The number of benzene rings is 1. The lowest BCUT2D eigenvalue weighted by atomic mass is 10.2. The van der Waals surface area contributed by atoms with Gasteiger partial charge in [-0.3, -0.25) is 4.79 Å². The lowest BCUT2D eigenvalue weighted by molar-refractivity contribution is 0.0946. The molecule has 0 saturated heterocycles. The van der Waals surface area contributed by atoms with E-state index in [1.807, 2.05) is 6.92 Å². The summed E-state index contributed by atoms with van der Waals surface area (Å²) < 4.78 is 32.3. The minimum absolute atomic E-state index is 0.0676. The molecule has 26 heavy (non-hydrogen) atoms. The van der Waals surface area contributed by atoms with E-state index in [2.05, 4.69) is 15.0 Å². The van der Waals surface area contributed by atoms with E-state index in [-0.39, 0.29) is 23.4 Å². The number of sulfonamides is 1. The first-order chi connectivity index (χ1) is 12.5. The number of nitrogens with one attached hydrogen (secondary N) is 2. The first-order valence-electron chi connectivity index (χ1n) is 8.47. The SMILES string of the molecule is CCOc1ncccc1C(=O)NCc1ccc(S(=O)(=O)NC2CC2)cc1. The molecule has 2 N–H and O–H groups in total. The van der Waals surface area contributed by atoms with Crippen molar-refractivity contribution in [3.63, 3.8) is 0 Å². The topological polar surface area (TPSA) is 97.4 Å². The fourth-order valence-corrected chi connectivity index (χ4v) is 3.67. The molecule has 1 aromatic carbocycles. The first kappa shape index (κ1) is 18.3. The Morgan fingerprint density at radius 1 is 1.23 bits per heavy atom. The highest BCUT2D eigenvalue weighted by atomic mass is 32.2. The molecule has 0 spiro atoms. The van der Waals surface area contributed by atoms with Crippen LogP contribution < -0.4 is 14.8 Å². The van der Waals surface area contributed by atoms with Crippen LogP contribution in [-0.4, -0.2) is 32.0 Å². The minimum Gasteiger partial charge on any atom is -0.477 e. The van der Waals surface area contributed by atoms with Crippen LogP contribution in [0.5, 0.6) is 5.88 Å². The van der Waals surface area contributed by atoms with Crippen molar-refractivity contribution in [2.24, 2.45) is 0 Å². The van der Waals surface area contributed by atoms with Gasteiger partial charge in [0.1, 0.15) is 5.56 Å². The molecule has 0 radical (unpaired) electrons. The van der Waals surface area contributed by atoms with Crippen LogP contribution in [0, 0.1) is 0 Å². The highest BCUT2D eigenvalue weighted by molar-refractivity contribution is 7.89. The van der Waals surface area contributed by atoms with Crippen LogP contribution in [0.4, 0.5) is 0 Å². The van der Waals surface area contributed by atoms with E-state index in [0.29, 0.717) is 18.1 Å². The quantitative estimate of drug-likeness (QED) is 0.734. The first-order valence-corrected chi connectivity index (χ1v) is 9.95. The molecule has 1 amide bonds. The molecule has 8 heteroatoms. The predicted molar refractivity (Wildman–Crippen MR) is 96.4 cm³/mol. The number of hydrogen-bond acceptors (Lipinski definition) is 5. The number of carbonyl (C=O) groups excluding carboxylic acids is 1. The molecule has 1 heterocycles. The average molecular weight is 375 g/mol. The molecule has 0 unspecified atom stereocenters. The molecule has 2 aromatic rings. The molecule has 3 rings (SSSR count). The van der Waals surface area contributed by atoms with Crippen LogP contribution in [0.15, 0.2) is 47.5 Å². The monoisotopic (exact) mass is 375 g/mol. The van der Waals surface area contributed by atoms with Crippen LogP contribution in [0.1, 0.15) is 35.7 Å². The maximum atomic E-state index is 12.3. The predicted octanol–water partition coefficient (Wildman–Crippen LogP) is 1.85. The summed E-state index contributed by atoms with van der Waals surface area (Å²) in [6.07, 6.45) is 3.35. The Kier molecular flexibility index (Phi) is 5.53. The standard InChI is InChI=1S/C18H21N3O4S/c1-2-25-18-16(4-3-11-19-18)17(22)20-12-13-5-9-15(10-6-13)26(23,24)21-14-7-8-14/h3-6,9-11,14,21H,2,7-8,12H2,1H3,(H,20,22). The second-order valence-electron chi connectivity index (χ2n) is 6.01. The molecule has 0 bridgehead atoms. The number of pyridine rings is 1. The van der Waals surface area contributed by atoms with Gasteiger partial charge in [0, 0.05) is 18.8 Å². The summed E-state index contributed by atoms with van der Waals surface area (Å²) in [6, 6.07) is 9.85. The van der Waals surface area contributed by atoms with Gasteiger partial charge in [-0.05, 0) is 49.6 Å². The van der Waals surface area contributed by atoms with Gasteiger partial charge in [0.15, 0.2) is 0 Å². The van der Waals surface area contributed by atoms with Crippen LogP contribution >= 0.6 is 0 Å². The molecular formula is C18H21N3O4S. The molecule has 1 aromatic heterocycles. The van der Waals surface area contributed by atoms with Gasteiger partial charge in [0.25, 0.3) is 5.91 Å². The molecule has 7 nitrogen and oxygen atoms in total. The van der Waals surface area contributed by atoms with Crippen molar-refractivity contribution >= 4 is 15.9 Å². The maximum Gasteiger partial charge on any atom is 0.257 e. The van der Waals surface area contributed by atoms with Gasteiger partial charge in [-0.1, -0.05) is 12.1 Å². The number of rotatable bonds is 8. The third-order valence-corrected chi connectivity index (χ3v) is 5.42. The fourth-order valence-electron chi connectivity index (χ4n) is 2.37.